The van der Waals surface area contributed by atoms with Gasteiger partial charge in [0, 0.05) is 17.9 Å². The normalized spacial score (nSPS) is 9.35. The molecule has 0 fully saturated rings. The van der Waals surface area contributed by atoms with E-state index in [0.717, 1.165) is 24.3 Å². The van der Waals surface area contributed by atoms with Crippen molar-refractivity contribution >= 4 is 40.0 Å². The highest BCUT2D eigenvalue weighted by Gasteiger charge is 1.98. The van der Waals surface area contributed by atoms with Crippen LogP contribution < -0.4 is 0 Å². The van der Waals surface area contributed by atoms with Gasteiger partial charge in [-0.1, -0.05) is 35.4 Å². The molecule has 0 aromatic heterocycles. The zero-order chi connectivity index (χ0) is 13.5. The van der Waals surface area contributed by atoms with E-state index >= 15 is 0 Å². The summed E-state index contributed by atoms with van der Waals surface area (Å²) in [5.41, 5.74) is 0. The molecule has 100 valence electrons. The van der Waals surface area contributed by atoms with Gasteiger partial charge in [0.1, 0.15) is 0 Å². The van der Waals surface area contributed by atoms with Crippen molar-refractivity contribution in [2.24, 2.45) is 5.92 Å². The Morgan fingerprint density at radius 1 is 1.18 bits per heavy atom. The van der Waals surface area contributed by atoms with Crippen molar-refractivity contribution in [2.75, 3.05) is 11.5 Å². The Bertz CT molecular complexity index is 200. The molecule has 0 saturated heterocycles. The van der Waals surface area contributed by atoms with Crippen LogP contribution in [-0.4, -0.2) is 35.0 Å². The summed E-state index contributed by atoms with van der Waals surface area (Å²) >= 11 is 0. The monoisotopic (exact) mass is 278 g/mol. The molecule has 0 amide bonds. The van der Waals surface area contributed by atoms with E-state index in [2.05, 4.69) is 0 Å². The number of aliphatic carboxylic acids is 1. The lowest BCUT2D eigenvalue weighted by molar-refractivity contribution is -0.137. The first-order chi connectivity index (χ1) is 8.04. The van der Waals surface area contributed by atoms with Crippen LogP contribution >= 0.6 is 21.6 Å². The Morgan fingerprint density at radius 2 is 1.59 bits per heavy atom. The van der Waals surface area contributed by atoms with Crippen molar-refractivity contribution in [3.63, 3.8) is 0 Å². The highest BCUT2D eigenvalue weighted by molar-refractivity contribution is 8.76. The fourth-order valence-electron chi connectivity index (χ4n) is 0.681. The summed E-state index contributed by atoms with van der Waals surface area (Å²) in [6.07, 6.45) is 4.87. The molecule has 0 heterocycles. The number of hydrogen-bond acceptors (Lipinski definition) is 5. The number of hydrogen-bond donors (Lipinski definition) is 3. The quantitative estimate of drug-likeness (QED) is 0.342. The molecule has 0 atom stereocenters. The standard InChI is InChI=1S/C6H12N2S2.C5H10O2/c7-3-1-5-9-10-6-2-4-8;1-4(2)3-5(6)7/h3-4,7-8H,1-2,5-6H2;4H,3H2,1-2H3,(H,6,7). The minimum Gasteiger partial charge on any atom is -0.481 e. The number of carbonyl (C=O) groups is 1. The van der Waals surface area contributed by atoms with Crippen LogP contribution in [-0.2, 0) is 4.79 Å². The smallest absolute Gasteiger partial charge is 0.303 e. The second-order valence-corrected chi connectivity index (χ2v) is 6.32. The third-order valence-corrected chi connectivity index (χ3v) is 3.83. The van der Waals surface area contributed by atoms with Crippen molar-refractivity contribution < 1.29 is 9.90 Å². The maximum atomic E-state index is 9.81. The summed E-state index contributed by atoms with van der Waals surface area (Å²) in [5.74, 6) is 1.60. The van der Waals surface area contributed by atoms with Gasteiger partial charge in [0.25, 0.3) is 0 Å². The molecular weight excluding hydrogens is 256 g/mol. The first kappa shape index (κ1) is 18.9. The largest absolute Gasteiger partial charge is 0.481 e. The van der Waals surface area contributed by atoms with E-state index in [1.807, 2.05) is 13.8 Å². The first-order valence-electron chi connectivity index (χ1n) is 5.48. The van der Waals surface area contributed by atoms with Gasteiger partial charge < -0.3 is 15.9 Å². The molecule has 0 aromatic rings. The first-order valence-corrected chi connectivity index (χ1v) is 7.97. The Labute approximate surface area is 111 Å². The Kier molecular flexibility index (Phi) is 17.2. The van der Waals surface area contributed by atoms with Gasteiger partial charge in [0.15, 0.2) is 0 Å². The maximum absolute atomic E-state index is 9.81. The maximum Gasteiger partial charge on any atom is 0.303 e. The molecule has 0 radical (unpaired) electrons. The zero-order valence-electron chi connectivity index (χ0n) is 10.4. The molecule has 0 aromatic carbocycles. The Balaban J connectivity index is 0. The lowest BCUT2D eigenvalue weighted by Gasteiger charge is -1.94. The van der Waals surface area contributed by atoms with Crippen LogP contribution in [0.3, 0.4) is 0 Å². The molecule has 0 rings (SSSR count). The van der Waals surface area contributed by atoms with Gasteiger partial charge >= 0.3 is 5.97 Å². The van der Waals surface area contributed by atoms with E-state index in [1.54, 1.807) is 21.6 Å². The summed E-state index contributed by atoms with van der Waals surface area (Å²) in [6.45, 7) is 3.77. The summed E-state index contributed by atoms with van der Waals surface area (Å²) in [5, 5.41) is 21.6. The summed E-state index contributed by atoms with van der Waals surface area (Å²) < 4.78 is 0. The van der Waals surface area contributed by atoms with Gasteiger partial charge in [-0.15, -0.1) is 0 Å². The molecule has 0 aliphatic carbocycles. The van der Waals surface area contributed by atoms with Crippen LogP contribution in [0.5, 0.6) is 0 Å². The molecule has 0 spiro atoms. The highest BCUT2D eigenvalue weighted by Crippen LogP contribution is 2.21. The predicted octanol–water partition coefficient (Wildman–Crippen LogP) is 3.56. The average molecular weight is 278 g/mol. The number of carboxylic acid groups (broad SMARTS) is 1. The zero-order valence-corrected chi connectivity index (χ0v) is 12.1. The van der Waals surface area contributed by atoms with Gasteiger partial charge in [0.05, 0.1) is 0 Å². The Hall–Kier alpha value is -0.490. The van der Waals surface area contributed by atoms with Crippen LogP contribution in [0.1, 0.15) is 33.1 Å². The van der Waals surface area contributed by atoms with E-state index < -0.39 is 5.97 Å². The van der Waals surface area contributed by atoms with Crippen molar-refractivity contribution in [3.05, 3.63) is 0 Å². The molecule has 4 nitrogen and oxygen atoms in total. The number of nitrogens with one attached hydrogen (secondary N) is 2. The van der Waals surface area contributed by atoms with E-state index in [9.17, 15) is 4.79 Å². The Morgan fingerprint density at radius 3 is 1.76 bits per heavy atom. The number of rotatable bonds is 9. The molecule has 0 aliphatic heterocycles. The van der Waals surface area contributed by atoms with Crippen LogP contribution in [0.2, 0.25) is 0 Å². The average Bonchev–Trinajstić information content (AvgIpc) is 2.22. The van der Waals surface area contributed by atoms with Crippen molar-refractivity contribution in [1.29, 1.82) is 10.8 Å². The van der Waals surface area contributed by atoms with Crippen LogP contribution in [0.25, 0.3) is 0 Å². The summed E-state index contributed by atoms with van der Waals surface area (Å²) in [4.78, 5) is 9.81. The van der Waals surface area contributed by atoms with Crippen molar-refractivity contribution in [2.45, 2.75) is 33.1 Å². The van der Waals surface area contributed by atoms with E-state index in [1.165, 1.54) is 12.4 Å². The second kappa shape index (κ2) is 15.5. The molecule has 0 saturated carbocycles. The van der Waals surface area contributed by atoms with Crippen LogP contribution in [0.4, 0.5) is 0 Å². The second-order valence-electron chi connectivity index (χ2n) is 3.62. The topological polar surface area (TPSA) is 85.0 Å². The SMILES string of the molecule is CC(C)CC(=O)O.N=CCCSSCCC=N. The summed E-state index contributed by atoms with van der Waals surface area (Å²) in [6, 6.07) is 0. The molecule has 3 N–H and O–H groups in total. The molecule has 17 heavy (non-hydrogen) atoms. The minimum absolute atomic E-state index is 0.275. The molecule has 0 aliphatic rings. The van der Waals surface area contributed by atoms with Crippen LogP contribution in [0.15, 0.2) is 0 Å². The minimum atomic E-state index is -0.713. The molecule has 0 bridgehead atoms. The van der Waals surface area contributed by atoms with E-state index in [0.29, 0.717) is 0 Å². The predicted molar refractivity (Wildman–Crippen MR) is 78.8 cm³/mol. The van der Waals surface area contributed by atoms with Gasteiger partial charge in [-0.25, -0.2) is 0 Å². The third kappa shape index (κ3) is 25.6. The van der Waals surface area contributed by atoms with E-state index in [-0.39, 0.29) is 12.3 Å². The molecular formula is C11H22N2O2S2. The van der Waals surface area contributed by atoms with Crippen molar-refractivity contribution in [3.8, 4) is 0 Å². The third-order valence-electron chi connectivity index (χ3n) is 1.36. The van der Waals surface area contributed by atoms with Crippen LogP contribution in [0, 0.1) is 16.7 Å². The summed E-state index contributed by atoms with van der Waals surface area (Å²) in [7, 11) is 3.56. The fraction of sp³-hybridized carbons (Fsp3) is 0.727. The van der Waals surface area contributed by atoms with Gasteiger partial charge in [-0.2, -0.15) is 0 Å². The molecule has 6 heteroatoms. The van der Waals surface area contributed by atoms with Crippen molar-refractivity contribution in [1.82, 2.24) is 0 Å². The number of carboxylic acids is 1. The molecule has 0 unspecified atom stereocenters. The highest BCUT2D eigenvalue weighted by atomic mass is 33.1. The van der Waals surface area contributed by atoms with E-state index in [4.69, 9.17) is 15.9 Å². The lowest BCUT2D eigenvalue weighted by Crippen LogP contribution is -1.99. The lowest BCUT2D eigenvalue weighted by atomic mass is 10.1. The van der Waals surface area contributed by atoms with Gasteiger partial charge in [-0.05, 0) is 31.2 Å². The van der Waals surface area contributed by atoms with Gasteiger partial charge in [0.2, 0.25) is 0 Å². The van der Waals surface area contributed by atoms with Gasteiger partial charge in [-0.3, -0.25) is 4.79 Å². The fourth-order valence-corrected chi connectivity index (χ4v) is 2.63.